The van der Waals surface area contributed by atoms with Crippen LogP contribution in [0.15, 0.2) is 42.5 Å². The maximum Gasteiger partial charge on any atom is 0.416 e. The minimum Gasteiger partial charge on any atom is -0.366 e. The maximum atomic E-state index is 13.2. The molecule has 154 valence electrons. The van der Waals surface area contributed by atoms with Gasteiger partial charge in [0.1, 0.15) is 0 Å². The average molecular weight is 415 g/mol. The van der Waals surface area contributed by atoms with E-state index in [0.29, 0.717) is 5.56 Å². The molecule has 3 nitrogen and oxygen atoms in total. The number of halogens is 4. The predicted octanol–water partition coefficient (Wildman–Crippen LogP) is 4.97. The molecule has 1 unspecified atom stereocenters. The van der Waals surface area contributed by atoms with Crippen molar-refractivity contribution in [1.29, 1.82) is 0 Å². The van der Waals surface area contributed by atoms with Gasteiger partial charge in [-0.1, -0.05) is 43.7 Å². The van der Waals surface area contributed by atoms with Crippen LogP contribution in [-0.2, 0) is 6.18 Å². The largest absolute Gasteiger partial charge is 0.416 e. The van der Waals surface area contributed by atoms with Gasteiger partial charge in [0.2, 0.25) is 5.91 Å². The highest BCUT2D eigenvalue weighted by Crippen LogP contribution is 2.47. The van der Waals surface area contributed by atoms with Crippen LogP contribution < -0.4 is 11.1 Å². The predicted molar refractivity (Wildman–Crippen MR) is 107 cm³/mol. The van der Waals surface area contributed by atoms with Crippen LogP contribution in [0, 0.1) is 5.41 Å². The second-order valence-corrected chi connectivity index (χ2v) is 7.70. The minimum absolute atomic E-state index is 0. The second-order valence-electron chi connectivity index (χ2n) is 7.70. The van der Waals surface area contributed by atoms with Crippen molar-refractivity contribution in [3.8, 4) is 0 Å². The van der Waals surface area contributed by atoms with Gasteiger partial charge in [0.25, 0.3) is 0 Å². The highest BCUT2D eigenvalue weighted by atomic mass is 35.5. The van der Waals surface area contributed by atoms with Crippen molar-refractivity contribution in [2.24, 2.45) is 11.1 Å². The van der Waals surface area contributed by atoms with Crippen molar-refractivity contribution >= 4 is 18.3 Å². The van der Waals surface area contributed by atoms with Crippen LogP contribution in [-0.4, -0.2) is 18.5 Å². The molecule has 1 aromatic rings. The van der Waals surface area contributed by atoms with Crippen molar-refractivity contribution in [3.05, 3.63) is 59.2 Å². The van der Waals surface area contributed by atoms with Gasteiger partial charge in [0, 0.05) is 17.5 Å². The Morgan fingerprint density at radius 3 is 2.57 bits per heavy atom. The van der Waals surface area contributed by atoms with Crippen LogP contribution in [0.4, 0.5) is 13.2 Å². The summed E-state index contributed by atoms with van der Waals surface area (Å²) >= 11 is 0. The number of carbonyl (C=O) groups is 1. The number of allylic oxidation sites excluding steroid dienone is 4. The molecule has 0 aromatic heterocycles. The Kier molecular flexibility index (Phi) is 6.99. The van der Waals surface area contributed by atoms with E-state index in [-0.39, 0.29) is 35.3 Å². The lowest BCUT2D eigenvalue weighted by molar-refractivity contribution is -0.137. The summed E-state index contributed by atoms with van der Waals surface area (Å²) in [6, 6.07) is 3.49. The van der Waals surface area contributed by atoms with E-state index < -0.39 is 17.6 Å². The number of hydrogen-bond acceptors (Lipinski definition) is 2. The van der Waals surface area contributed by atoms with Gasteiger partial charge in [-0.25, -0.2) is 0 Å². The zero-order valence-corrected chi connectivity index (χ0v) is 16.6. The lowest BCUT2D eigenvalue weighted by Crippen LogP contribution is -2.45. The van der Waals surface area contributed by atoms with E-state index in [1.165, 1.54) is 6.07 Å². The molecular formula is C21H26ClF3N2O. The molecule has 1 aliphatic carbocycles. The number of piperidine rings is 1. The van der Waals surface area contributed by atoms with E-state index in [9.17, 15) is 18.0 Å². The quantitative estimate of drug-likeness (QED) is 0.730. The molecular weight excluding hydrogens is 389 g/mol. The SMILES string of the molecule is CC1([C@H](c2ccc(C(F)(F)F)cc2C(N)=O)[C@H]2CCCCN2)C=CC=CC1.Cl. The molecule has 28 heavy (non-hydrogen) atoms. The lowest BCUT2D eigenvalue weighted by atomic mass is 9.64. The van der Waals surface area contributed by atoms with Crippen LogP contribution in [0.25, 0.3) is 0 Å². The molecule has 0 saturated carbocycles. The number of primary amides is 1. The third kappa shape index (κ3) is 4.61. The number of benzene rings is 1. The molecule has 1 saturated heterocycles. The van der Waals surface area contributed by atoms with Crippen LogP contribution in [0.2, 0.25) is 0 Å². The van der Waals surface area contributed by atoms with Crippen molar-refractivity contribution in [2.45, 2.75) is 50.7 Å². The van der Waals surface area contributed by atoms with E-state index in [1.807, 2.05) is 12.2 Å². The number of amides is 1. The van der Waals surface area contributed by atoms with E-state index >= 15 is 0 Å². The number of alkyl halides is 3. The molecule has 1 amide bonds. The Morgan fingerprint density at radius 1 is 1.29 bits per heavy atom. The van der Waals surface area contributed by atoms with E-state index in [2.05, 4.69) is 24.4 Å². The Morgan fingerprint density at radius 2 is 2.04 bits per heavy atom. The summed E-state index contributed by atoms with van der Waals surface area (Å²) in [4.78, 5) is 12.1. The molecule has 0 radical (unpaired) electrons. The number of hydrogen-bond donors (Lipinski definition) is 2. The summed E-state index contributed by atoms with van der Waals surface area (Å²) in [6.45, 7) is 2.96. The van der Waals surface area contributed by atoms with Gasteiger partial charge in [0.05, 0.1) is 5.56 Å². The van der Waals surface area contributed by atoms with Crippen LogP contribution >= 0.6 is 12.4 Å². The zero-order valence-electron chi connectivity index (χ0n) is 15.8. The number of nitrogens with one attached hydrogen (secondary N) is 1. The number of nitrogens with two attached hydrogens (primary N) is 1. The first-order chi connectivity index (χ1) is 12.7. The molecule has 3 rings (SSSR count). The summed E-state index contributed by atoms with van der Waals surface area (Å²) in [5.41, 5.74) is 4.91. The van der Waals surface area contributed by atoms with Crippen molar-refractivity contribution in [3.63, 3.8) is 0 Å². The Balaban J connectivity index is 0.00000280. The molecule has 2 aliphatic rings. The fourth-order valence-corrected chi connectivity index (χ4v) is 4.39. The molecule has 1 aliphatic heterocycles. The monoisotopic (exact) mass is 414 g/mol. The highest BCUT2D eigenvalue weighted by Gasteiger charge is 2.41. The van der Waals surface area contributed by atoms with E-state index in [4.69, 9.17) is 5.73 Å². The lowest BCUT2D eigenvalue weighted by Gasteiger charge is -2.43. The second kappa shape index (κ2) is 8.70. The summed E-state index contributed by atoms with van der Waals surface area (Å²) in [5.74, 6) is -0.973. The third-order valence-electron chi connectivity index (χ3n) is 5.72. The average Bonchev–Trinajstić information content (AvgIpc) is 2.62. The van der Waals surface area contributed by atoms with Gasteiger partial charge in [-0.2, -0.15) is 13.2 Å². The van der Waals surface area contributed by atoms with Crippen LogP contribution in [0.1, 0.15) is 60.0 Å². The summed E-state index contributed by atoms with van der Waals surface area (Å²) < 4.78 is 39.5. The highest BCUT2D eigenvalue weighted by molar-refractivity contribution is 5.95. The summed E-state index contributed by atoms with van der Waals surface area (Å²) in [5, 5.41) is 3.52. The fourth-order valence-electron chi connectivity index (χ4n) is 4.39. The summed E-state index contributed by atoms with van der Waals surface area (Å²) in [7, 11) is 0. The molecule has 3 N–H and O–H groups in total. The topological polar surface area (TPSA) is 55.1 Å². The number of rotatable bonds is 4. The maximum absolute atomic E-state index is 13.2. The molecule has 1 fully saturated rings. The Hall–Kier alpha value is -1.79. The number of carbonyl (C=O) groups excluding carboxylic acids is 1. The van der Waals surface area contributed by atoms with Gasteiger partial charge in [-0.3, -0.25) is 4.79 Å². The smallest absolute Gasteiger partial charge is 0.366 e. The Labute approximate surface area is 169 Å². The first kappa shape index (κ1) is 22.5. The van der Waals surface area contributed by atoms with Crippen LogP contribution in [0.3, 0.4) is 0 Å². The normalized spacial score (nSPS) is 25.8. The van der Waals surface area contributed by atoms with Gasteiger partial charge in [-0.05, 0) is 48.9 Å². The fraction of sp³-hybridized carbons (Fsp3) is 0.476. The molecule has 7 heteroatoms. The molecule has 1 aromatic carbocycles. The molecule has 0 spiro atoms. The van der Waals surface area contributed by atoms with Gasteiger partial charge < -0.3 is 11.1 Å². The van der Waals surface area contributed by atoms with E-state index in [1.54, 1.807) is 0 Å². The van der Waals surface area contributed by atoms with Gasteiger partial charge in [-0.15, -0.1) is 12.4 Å². The van der Waals surface area contributed by atoms with Gasteiger partial charge in [0.15, 0.2) is 0 Å². The summed E-state index contributed by atoms with van der Waals surface area (Å²) in [6.07, 6.45) is 7.37. The van der Waals surface area contributed by atoms with Crippen LogP contribution in [0.5, 0.6) is 0 Å². The van der Waals surface area contributed by atoms with Crippen molar-refractivity contribution in [2.75, 3.05) is 6.54 Å². The zero-order chi connectivity index (χ0) is 19.7. The van der Waals surface area contributed by atoms with E-state index in [0.717, 1.165) is 44.4 Å². The standard InChI is InChI=1S/C21H25F3N2O.ClH/c1-20(10-4-2-5-11-20)18(17-7-3-6-12-26-17)15-9-8-14(21(22,23)24)13-16(15)19(25)27;/h2,4-5,8-10,13,17-18,26H,3,6-7,11-12H2,1H3,(H2,25,27);1H/t17-,18-,20?;/m1./s1. The van der Waals surface area contributed by atoms with Gasteiger partial charge >= 0.3 is 6.18 Å². The third-order valence-corrected chi connectivity index (χ3v) is 5.72. The Bertz CT molecular complexity index is 769. The minimum atomic E-state index is -4.52. The first-order valence-corrected chi connectivity index (χ1v) is 9.31. The van der Waals surface area contributed by atoms with Crippen molar-refractivity contribution in [1.82, 2.24) is 5.32 Å². The molecule has 1 heterocycles. The first-order valence-electron chi connectivity index (χ1n) is 9.31. The molecule has 0 bridgehead atoms. The molecule has 3 atom stereocenters. The van der Waals surface area contributed by atoms with Crippen molar-refractivity contribution < 1.29 is 18.0 Å².